The van der Waals surface area contributed by atoms with Gasteiger partial charge in [-0.2, -0.15) is 8.42 Å². The van der Waals surface area contributed by atoms with E-state index in [1.165, 1.54) is 0 Å². The first-order valence-electron chi connectivity index (χ1n) is 12.5. The number of nitrogens with two attached hydrogens (primary N) is 1. The maximum Gasteiger partial charge on any atom is 0.292 e. The molecular weight excluding hydrogens is 533 g/mol. The molecule has 0 bridgehead atoms. The summed E-state index contributed by atoms with van der Waals surface area (Å²) in [4.78, 5) is 0. The predicted octanol–water partition coefficient (Wildman–Crippen LogP) is 3.63. The fourth-order valence-corrected chi connectivity index (χ4v) is 7.43. The maximum absolute atomic E-state index is 12.8. The Labute approximate surface area is 223 Å². The fourth-order valence-electron chi connectivity index (χ4n) is 3.92. The van der Waals surface area contributed by atoms with Gasteiger partial charge in [0.2, 0.25) is 0 Å². The Morgan fingerprint density at radius 1 is 1.11 bits per heavy atom. The second kappa shape index (κ2) is 9.80. The highest BCUT2D eigenvalue weighted by Crippen LogP contribution is 2.52. The van der Waals surface area contributed by atoms with E-state index < -0.39 is 50.8 Å². The fraction of sp³-hybridized carbons (Fsp3) is 0.826. The highest BCUT2D eigenvalue weighted by molar-refractivity contribution is 7.90. The van der Waals surface area contributed by atoms with Gasteiger partial charge in [-0.25, -0.2) is 8.86 Å². The summed E-state index contributed by atoms with van der Waals surface area (Å²) in [6.07, 6.45) is -1.12. The van der Waals surface area contributed by atoms with Crippen LogP contribution in [0.3, 0.4) is 0 Å². The van der Waals surface area contributed by atoms with Crippen molar-refractivity contribution in [2.24, 2.45) is 5.73 Å². The normalized spacial score (nSPS) is 28.7. The van der Waals surface area contributed by atoms with Crippen LogP contribution in [0.25, 0.3) is 0 Å². The van der Waals surface area contributed by atoms with E-state index in [4.69, 9.17) is 28.2 Å². The lowest BCUT2D eigenvalue weighted by Crippen LogP contribution is -2.59. The Morgan fingerprint density at radius 3 is 2.19 bits per heavy atom. The summed E-state index contributed by atoms with van der Waals surface area (Å²) >= 11 is 0. The number of hydrogen-bond acceptors (Lipinski definition) is 10. The Bertz CT molecular complexity index is 1120. The smallest absolute Gasteiger partial charge is 0.292 e. The molecule has 1 saturated heterocycles. The minimum absolute atomic E-state index is 0.0240. The first-order chi connectivity index (χ1) is 16.7. The standard InChI is InChI=1S/C23H44N4O7SSi2/c1-21(2,3)36(8,9)31-14-18-23(17(24)15-35(28,29)34-23)19(33-37(10,11)22(4,5)6)20(32-18)27-16(13-30-7)12-25-26-27/h12,15,18-20H,13-14,24H2,1-11H3/t18-,19+,20-,23?/m1/s1. The predicted molar refractivity (Wildman–Crippen MR) is 145 cm³/mol. The molecule has 1 spiro atoms. The van der Waals surface area contributed by atoms with Gasteiger partial charge in [0.15, 0.2) is 28.5 Å². The summed E-state index contributed by atoms with van der Waals surface area (Å²) in [7, 11) is -7.27. The molecule has 212 valence electrons. The molecule has 1 unspecified atom stereocenters. The van der Waals surface area contributed by atoms with Gasteiger partial charge in [-0.15, -0.1) is 5.10 Å². The van der Waals surface area contributed by atoms with E-state index in [0.29, 0.717) is 5.69 Å². The Balaban J connectivity index is 2.17. The highest BCUT2D eigenvalue weighted by atomic mass is 32.2. The molecule has 1 aromatic heterocycles. The van der Waals surface area contributed by atoms with E-state index in [-0.39, 0.29) is 29.0 Å². The zero-order chi connectivity index (χ0) is 28.2. The summed E-state index contributed by atoms with van der Waals surface area (Å²) in [5, 5.41) is 9.00. The van der Waals surface area contributed by atoms with Crippen molar-refractivity contribution in [3.8, 4) is 0 Å². The van der Waals surface area contributed by atoms with Crippen LogP contribution in [0.1, 0.15) is 53.5 Å². The summed E-state index contributed by atoms with van der Waals surface area (Å²) in [6.45, 7) is 21.4. The minimum atomic E-state index is -4.08. The highest BCUT2D eigenvalue weighted by Gasteiger charge is 2.67. The van der Waals surface area contributed by atoms with E-state index in [0.717, 1.165) is 5.41 Å². The number of ether oxygens (including phenoxy) is 2. The van der Waals surface area contributed by atoms with Crippen LogP contribution in [0.4, 0.5) is 0 Å². The molecule has 0 amide bonds. The molecule has 1 aromatic rings. The van der Waals surface area contributed by atoms with Crippen LogP contribution in [-0.4, -0.2) is 71.6 Å². The number of nitrogens with zero attached hydrogens (tertiary/aromatic N) is 3. The van der Waals surface area contributed by atoms with Crippen molar-refractivity contribution in [2.75, 3.05) is 13.7 Å². The van der Waals surface area contributed by atoms with Gasteiger partial charge in [-0.1, -0.05) is 46.8 Å². The Morgan fingerprint density at radius 2 is 1.70 bits per heavy atom. The summed E-state index contributed by atoms with van der Waals surface area (Å²) < 4.78 is 58.3. The van der Waals surface area contributed by atoms with Crippen LogP contribution in [0.5, 0.6) is 0 Å². The van der Waals surface area contributed by atoms with Gasteiger partial charge >= 0.3 is 0 Å². The SMILES string of the molecule is COCc1cnnn1[C@@H]1O[C@H](CO[Si](C)(C)C(C)(C)C)C2(OS(=O)(=O)C=C2N)[C@H]1O[Si](C)(C)C(C)(C)C. The van der Waals surface area contributed by atoms with E-state index in [1.54, 1.807) is 18.0 Å². The van der Waals surface area contributed by atoms with Crippen LogP contribution in [0, 0.1) is 0 Å². The minimum Gasteiger partial charge on any atom is -0.414 e. The molecule has 2 N–H and O–H groups in total. The van der Waals surface area contributed by atoms with Gasteiger partial charge in [0.25, 0.3) is 10.1 Å². The molecular formula is C23H44N4O7SSi2. The van der Waals surface area contributed by atoms with Crippen molar-refractivity contribution < 1.29 is 30.9 Å². The van der Waals surface area contributed by atoms with Crippen molar-refractivity contribution in [3.05, 3.63) is 23.0 Å². The third-order valence-electron chi connectivity index (χ3n) is 8.25. The molecule has 0 saturated carbocycles. The zero-order valence-corrected chi connectivity index (χ0v) is 26.8. The van der Waals surface area contributed by atoms with Crippen LogP contribution < -0.4 is 5.73 Å². The molecule has 4 atom stereocenters. The van der Waals surface area contributed by atoms with Gasteiger partial charge in [0, 0.05) is 7.11 Å². The lowest BCUT2D eigenvalue weighted by molar-refractivity contribution is -0.0617. The van der Waals surface area contributed by atoms with Crippen LogP contribution in [0.2, 0.25) is 36.3 Å². The third kappa shape index (κ3) is 5.62. The first-order valence-corrected chi connectivity index (χ1v) is 19.8. The van der Waals surface area contributed by atoms with Gasteiger partial charge in [-0.3, -0.25) is 0 Å². The van der Waals surface area contributed by atoms with E-state index >= 15 is 0 Å². The van der Waals surface area contributed by atoms with E-state index in [9.17, 15) is 8.42 Å². The molecule has 0 radical (unpaired) electrons. The molecule has 2 aliphatic rings. The molecule has 0 aromatic carbocycles. The lowest BCUT2D eigenvalue weighted by atomic mass is 9.89. The Hall–Kier alpha value is -1.14. The Kier molecular flexibility index (Phi) is 8.06. The quantitative estimate of drug-likeness (QED) is 0.361. The zero-order valence-electron chi connectivity index (χ0n) is 24.0. The van der Waals surface area contributed by atoms with Crippen molar-refractivity contribution in [2.45, 2.75) is 108 Å². The van der Waals surface area contributed by atoms with Gasteiger partial charge < -0.3 is 24.1 Å². The summed E-state index contributed by atoms with van der Waals surface area (Å²) in [5.74, 6) is 0. The van der Waals surface area contributed by atoms with Gasteiger partial charge in [-0.05, 0) is 36.3 Å². The average molecular weight is 577 g/mol. The van der Waals surface area contributed by atoms with Gasteiger partial charge in [0.05, 0.1) is 36.2 Å². The third-order valence-corrected chi connectivity index (χ3v) is 18.3. The largest absolute Gasteiger partial charge is 0.414 e. The van der Waals surface area contributed by atoms with Gasteiger partial charge in [0.1, 0.15) is 12.2 Å². The topological polar surface area (TPSA) is 137 Å². The first kappa shape index (κ1) is 30.4. The molecule has 3 rings (SSSR count). The monoisotopic (exact) mass is 576 g/mol. The molecule has 1 fully saturated rings. The van der Waals surface area contributed by atoms with Crippen LogP contribution in [-0.2, 0) is 39.2 Å². The van der Waals surface area contributed by atoms with E-state index in [1.807, 2.05) is 0 Å². The summed E-state index contributed by atoms with van der Waals surface area (Å²) in [5.41, 5.74) is 5.53. The molecule has 37 heavy (non-hydrogen) atoms. The second-order valence-electron chi connectivity index (χ2n) is 12.9. The molecule has 3 heterocycles. The van der Waals surface area contributed by atoms with E-state index in [2.05, 4.69) is 78.0 Å². The van der Waals surface area contributed by atoms with Crippen molar-refractivity contribution in [1.82, 2.24) is 15.0 Å². The number of hydrogen-bond donors (Lipinski definition) is 1. The maximum atomic E-state index is 12.8. The number of rotatable bonds is 8. The number of methoxy groups -OCH3 is 1. The lowest BCUT2D eigenvalue weighted by Gasteiger charge is -2.43. The molecule has 2 aliphatic heterocycles. The molecule has 11 nitrogen and oxygen atoms in total. The average Bonchev–Trinajstić information content (AvgIpc) is 3.34. The molecule has 14 heteroatoms. The van der Waals surface area contributed by atoms with Crippen molar-refractivity contribution >= 4 is 26.8 Å². The molecule has 0 aliphatic carbocycles. The van der Waals surface area contributed by atoms with Crippen LogP contribution >= 0.6 is 0 Å². The number of aromatic nitrogens is 3. The van der Waals surface area contributed by atoms with Crippen LogP contribution in [0.15, 0.2) is 17.3 Å². The summed E-state index contributed by atoms with van der Waals surface area (Å²) in [6, 6.07) is 0. The second-order valence-corrected chi connectivity index (χ2v) is 23.9. The van der Waals surface area contributed by atoms with Crippen molar-refractivity contribution in [3.63, 3.8) is 0 Å². The van der Waals surface area contributed by atoms with Crippen molar-refractivity contribution in [1.29, 1.82) is 0 Å².